The van der Waals surface area contributed by atoms with E-state index in [2.05, 4.69) is 6.92 Å². The van der Waals surface area contributed by atoms with Gasteiger partial charge in [0.2, 0.25) is 11.1 Å². The maximum atomic E-state index is 11.6. The summed E-state index contributed by atoms with van der Waals surface area (Å²) in [6.07, 6.45) is 7.26. The van der Waals surface area contributed by atoms with Crippen LogP contribution in [0.4, 0.5) is 0 Å². The van der Waals surface area contributed by atoms with Gasteiger partial charge in [-0.25, -0.2) is 4.21 Å². The normalized spacial score (nSPS) is 12.3. The lowest BCUT2D eigenvalue weighted by molar-refractivity contribution is 0.554. The summed E-state index contributed by atoms with van der Waals surface area (Å²) in [5.74, 6) is 1.33. The highest BCUT2D eigenvalue weighted by Gasteiger charge is 2.01. The van der Waals surface area contributed by atoms with Crippen molar-refractivity contribution in [3.63, 3.8) is 0 Å². The molecule has 0 N–H and O–H groups in total. The van der Waals surface area contributed by atoms with E-state index in [0.717, 1.165) is 12.8 Å². The lowest BCUT2D eigenvalue weighted by Crippen LogP contribution is -2.05. The van der Waals surface area contributed by atoms with Crippen molar-refractivity contribution in [2.45, 2.75) is 45.4 Å². The highest BCUT2D eigenvalue weighted by Crippen LogP contribution is 2.11. The third-order valence-corrected chi connectivity index (χ3v) is 3.60. The zero-order valence-corrected chi connectivity index (χ0v) is 11.4. The van der Waals surface area contributed by atoms with Crippen LogP contribution >= 0.6 is 0 Å². The summed E-state index contributed by atoms with van der Waals surface area (Å²) in [4.78, 5) is 0. The van der Waals surface area contributed by atoms with Gasteiger partial charge in [-0.15, -0.1) is 0 Å². The topological polar surface area (TPSA) is 26.3 Å². The summed E-state index contributed by atoms with van der Waals surface area (Å²) in [5, 5.41) is 0. The number of hydrogen-bond acceptors (Lipinski definition) is 2. The molecule has 3 heteroatoms. The van der Waals surface area contributed by atoms with Crippen molar-refractivity contribution in [3.05, 3.63) is 30.3 Å². The maximum absolute atomic E-state index is 11.6. The SMILES string of the molecule is CCCCCCCCS(=O)Oc1ccccc1. The fourth-order valence-electron chi connectivity index (χ4n) is 1.63. The molecule has 96 valence electrons. The van der Waals surface area contributed by atoms with Gasteiger partial charge in [-0.2, -0.15) is 0 Å². The average molecular weight is 254 g/mol. The van der Waals surface area contributed by atoms with E-state index in [1.807, 2.05) is 30.3 Å². The Morgan fingerprint density at radius 2 is 1.65 bits per heavy atom. The third kappa shape index (κ3) is 7.16. The summed E-state index contributed by atoms with van der Waals surface area (Å²) >= 11 is -1.18. The second-order valence-corrected chi connectivity index (χ2v) is 5.35. The summed E-state index contributed by atoms with van der Waals surface area (Å²) in [7, 11) is 0. The highest BCUT2D eigenvalue weighted by atomic mass is 32.2. The van der Waals surface area contributed by atoms with E-state index in [9.17, 15) is 4.21 Å². The Balaban J connectivity index is 2.06. The number of unbranched alkanes of at least 4 members (excludes halogenated alkanes) is 5. The highest BCUT2D eigenvalue weighted by molar-refractivity contribution is 7.80. The molecule has 1 aromatic carbocycles. The van der Waals surface area contributed by atoms with E-state index < -0.39 is 11.1 Å². The van der Waals surface area contributed by atoms with Crippen LogP contribution in [0.5, 0.6) is 5.75 Å². The van der Waals surface area contributed by atoms with Crippen molar-refractivity contribution in [2.24, 2.45) is 0 Å². The first-order valence-electron chi connectivity index (χ1n) is 6.44. The quantitative estimate of drug-likeness (QED) is 0.620. The third-order valence-electron chi connectivity index (χ3n) is 2.60. The van der Waals surface area contributed by atoms with Gasteiger partial charge in [0.15, 0.2) is 0 Å². The standard InChI is InChI=1S/C14H22O2S/c1-2-3-4-5-6-10-13-17(15)16-14-11-8-7-9-12-14/h7-9,11-12H,2-6,10,13H2,1H3. The minimum atomic E-state index is -1.18. The van der Waals surface area contributed by atoms with Gasteiger partial charge in [0.05, 0.1) is 5.75 Å². The van der Waals surface area contributed by atoms with E-state index >= 15 is 0 Å². The molecular weight excluding hydrogens is 232 g/mol. The van der Waals surface area contributed by atoms with Gasteiger partial charge in [0, 0.05) is 0 Å². The van der Waals surface area contributed by atoms with Crippen LogP contribution in [0, 0.1) is 0 Å². The van der Waals surface area contributed by atoms with Crippen molar-refractivity contribution in [3.8, 4) is 5.75 Å². The van der Waals surface area contributed by atoms with E-state index in [-0.39, 0.29) is 0 Å². The van der Waals surface area contributed by atoms with Crippen molar-refractivity contribution in [1.29, 1.82) is 0 Å². The molecule has 0 amide bonds. The largest absolute Gasteiger partial charge is 0.401 e. The molecule has 1 unspecified atom stereocenters. The molecule has 1 rings (SSSR count). The fraction of sp³-hybridized carbons (Fsp3) is 0.571. The van der Waals surface area contributed by atoms with Gasteiger partial charge in [-0.3, -0.25) is 0 Å². The molecule has 0 radical (unpaired) electrons. The smallest absolute Gasteiger partial charge is 0.206 e. The summed E-state index contributed by atoms with van der Waals surface area (Å²) in [5.41, 5.74) is 0. The first kappa shape index (κ1) is 14.2. The van der Waals surface area contributed by atoms with Gasteiger partial charge in [0.1, 0.15) is 5.75 Å². The van der Waals surface area contributed by atoms with Crippen LogP contribution in [0.25, 0.3) is 0 Å². The molecule has 2 nitrogen and oxygen atoms in total. The monoisotopic (exact) mass is 254 g/mol. The van der Waals surface area contributed by atoms with Gasteiger partial charge in [0.25, 0.3) is 0 Å². The van der Waals surface area contributed by atoms with E-state index in [1.165, 1.54) is 25.7 Å². The Morgan fingerprint density at radius 1 is 1.00 bits per heavy atom. The first-order valence-corrected chi connectivity index (χ1v) is 7.69. The minimum Gasteiger partial charge on any atom is -0.401 e. The average Bonchev–Trinajstić information content (AvgIpc) is 2.35. The zero-order chi connectivity index (χ0) is 12.3. The number of hydrogen-bond donors (Lipinski definition) is 0. The summed E-state index contributed by atoms with van der Waals surface area (Å²) < 4.78 is 16.9. The molecule has 0 aliphatic carbocycles. The molecule has 0 saturated carbocycles. The lowest BCUT2D eigenvalue weighted by atomic mass is 10.1. The predicted molar refractivity (Wildman–Crippen MR) is 73.5 cm³/mol. The van der Waals surface area contributed by atoms with Gasteiger partial charge < -0.3 is 4.18 Å². The van der Waals surface area contributed by atoms with Crippen molar-refractivity contribution in [1.82, 2.24) is 0 Å². The van der Waals surface area contributed by atoms with E-state index in [1.54, 1.807) is 0 Å². The van der Waals surface area contributed by atoms with Gasteiger partial charge in [-0.1, -0.05) is 57.2 Å². The zero-order valence-electron chi connectivity index (χ0n) is 10.6. The number of benzene rings is 1. The fourth-order valence-corrected chi connectivity index (χ4v) is 2.47. The Morgan fingerprint density at radius 3 is 2.35 bits per heavy atom. The summed E-state index contributed by atoms with van der Waals surface area (Å²) in [6.45, 7) is 2.21. The summed E-state index contributed by atoms with van der Waals surface area (Å²) in [6, 6.07) is 9.36. The minimum absolute atomic E-state index is 0.640. The Hall–Kier alpha value is -0.830. The van der Waals surface area contributed by atoms with Gasteiger partial charge >= 0.3 is 0 Å². The predicted octanol–water partition coefficient (Wildman–Crippen LogP) is 4.09. The molecule has 1 atom stereocenters. The second-order valence-electron chi connectivity index (χ2n) is 4.17. The van der Waals surface area contributed by atoms with Crippen LogP contribution in [0.15, 0.2) is 30.3 Å². The number of rotatable bonds is 9. The van der Waals surface area contributed by atoms with Crippen molar-refractivity contribution < 1.29 is 8.39 Å². The van der Waals surface area contributed by atoms with Crippen LogP contribution in [-0.4, -0.2) is 9.96 Å². The molecule has 0 aliphatic heterocycles. The lowest BCUT2D eigenvalue weighted by Gasteiger charge is -2.04. The molecule has 1 aromatic rings. The van der Waals surface area contributed by atoms with Crippen LogP contribution < -0.4 is 4.18 Å². The second kappa shape index (κ2) is 9.23. The molecule has 0 spiro atoms. The Bertz CT molecular complexity index is 311. The first-order chi connectivity index (χ1) is 8.33. The molecule has 17 heavy (non-hydrogen) atoms. The molecule has 0 saturated heterocycles. The Kier molecular flexibility index (Phi) is 7.72. The van der Waals surface area contributed by atoms with Crippen molar-refractivity contribution >= 4 is 11.1 Å². The van der Waals surface area contributed by atoms with E-state index in [4.69, 9.17) is 4.18 Å². The molecule has 0 heterocycles. The van der Waals surface area contributed by atoms with Gasteiger partial charge in [-0.05, 0) is 18.6 Å². The molecular formula is C14H22O2S. The Labute approximate surface area is 107 Å². The molecule has 0 bridgehead atoms. The van der Waals surface area contributed by atoms with E-state index in [0.29, 0.717) is 11.5 Å². The molecule has 0 aliphatic rings. The van der Waals surface area contributed by atoms with Crippen LogP contribution in [0.1, 0.15) is 45.4 Å². The molecule has 0 fully saturated rings. The maximum Gasteiger partial charge on any atom is 0.206 e. The van der Waals surface area contributed by atoms with Crippen LogP contribution in [-0.2, 0) is 11.1 Å². The molecule has 0 aromatic heterocycles. The number of para-hydroxylation sites is 1. The van der Waals surface area contributed by atoms with Crippen molar-refractivity contribution in [2.75, 3.05) is 5.75 Å². The van der Waals surface area contributed by atoms with Crippen LogP contribution in [0.2, 0.25) is 0 Å². The van der Waals surface area contributed by atoms with Crippen LogP contribution in [0.3, 0.4) is 0 Å².